The van der Waals surface area contributed by atoms with E-state index < -0.39 is 11.7 Å². The highest BCUT2D eigenvalue weighted by Gasteiger charge is 2.12. The monoisotopic (exact) mass is 408 g/mol. The van der Waals surface area contributed by atoms with Crippen LogP contribution in [-0.4, -0.2) is 17.6 Å². The van der Waals surface area contributed by atoms with E-state index in [0.717, 1.165) is 16.7 Å². The van der Waals surface area contributed by atoms with Gasteiger partial charge < -0.3 is 10.5 Å². The van der Waals surface area contributed by atoms with Gasteiger partial charge in [0.25, 0.3) is 0 Å². The second-order valence-corrected chi connectivity index (χ2v) is 8.53. The average Bonchev–Trinajstić information content (AvgIpc) is 2.58. The zero-order valence-electron chi connectivity index (χ0n) is 17.0. The summed E-state index contributed by atoms with van der Waals surface area (Å²) in [6, 6.07) is 10.4. The molecule has 2 aromatic carbocycles. The number of carbonyl (C=O) groups is 2. The molecule has 3 N–H and O–H groups in total. The van der Waals surface area contributed by atoms with Crippen LogP contribution in [0, 0.1) is 11.7 Å². The van der Waals surface area contributed by atoms with Crippen molar-refractivity contribution in [1.82, 2.24) is 4.72 Å². The lowest BCUT2D eigenvalue weighted by atomic mass is 10.1. The maximum Gasteiger partial charge on any atom is 0.405 e. The lowest BCUT2D eigenvalue weighted by molar-refractivity contribution is -0.119. The molecule has 0 unspecified atom stereocenters. The molecule has 0 spiro atoms. The van der Waals surface area contributed by atoms with Gasteiger partial charge in [-0.15, -0.1) is 0 Å². The number of benzene rings is 2. The first-order valence-corrected chi connectivity index (χ1v) is 9.92. The zero-order chi connectivity index (χ0) is 21.3. The Bertz CT molecular complexity index is 804. The highest BCUT2D eigenvalue weighted by Crippen LogP contribution is 2.28. The molecule has 0 saturated heterocycles. The first kappa shape index (κ1) is 23.8. The molecular weight excluding hydrogens is 379 g/mol. The van der Waals surface area contributed by atoms with Gasteiger partial charge >= 0.3 is 6.09 Å². The number of amides is 2. The number of hydrogen-bond acceptors (Lipinski definition) is 4. The van der Waals surface area contributed by atoms with Crippen molar-refractivity contribution in [3.63, 3.8) is 0 Å². The summed E-state index contributed by atoms with van der Waals surface area (Å²) in [5.74, 6) is 0.283. The Labute approximate surface area is 170 Å². The van der Waals surface area contributed by atoms with E-state index >= 15 is 0 Å². The van der Waals surface area contributed by atoms with Gasteiger partial charge in [0.1, 0.15) is 11.4 Å². The summed E-state index contributed by atoms with van der Waals surface area (Å²) in [5, 5.41) is 1.40. The fraction of sp³-hybridized carbons (Fsp3) is 0.429. The molecule has 0 aliphatic rings. The Balaban J connectivity index is 0.000000416. The van der Waals surface area contributed by atoms with E-state index in [1.165, 1.54) is 18.0 Å². The number of nitrogens with one attached hydrogen (secondary N) is 1. The third-order valence-corrected chi connectivity index (χ3v) is 4.37. The minimum absolute atomic E-state index is 0.0112. The minimum Gasteiger partial charge on any atom is -0.444 e. The van der Waals surface area contributed by atoms with E-state index in [-0.39, 0.29) is 11.7 Å². The number of primary amides is 1. The number of carbonyl (C=O) groups excluding carboxylic acids is 2. The highest BCUT2D eigenvalue weighted by atomic mass is 32.2. The molecule has 0 atom stereocenters. The second kappa shape index (κ2) is 10.9. The molecule has 0 radical (unpaired) electrons. The molecule has 7 heteroatoms. The Morgan fingerprint density at radius 2 is 1.75 bits per heavy atom. The molecule has 0 aliphatic carbocycles. The van der Waals surface area contributed by atoms with Crippen molar-refractivity contribution in [1.29, 1.82) is 0 Å². The van der Waals surface area contributed by atoms with Crippen molar-refractivity contribution in [2.45, 2.75) is 58.0 Å². The molecule has 28 heavy (non-hydrogen) atoms. The lowest BCUT2D eigenvalue weighted by Crippen LogP contribution is -2.27. The molecule has 154 valence electrons. The van der Waals surface area contributed by atoms with Gasteiger partial charge in [-0.05, 0) is 62.6 Å². The quantitative estimate of drug-likeness (QED) is 0.647. The summed E-state index contributed by atoms with van der Waals surface area (Å²) < 4.78 is 21.1. The van der Waals surface area contributed by atoms with E-state index in [2.05, 4.69) is 23.3 Å². The van der Waals surface area contributed by atoms with Crippen LogP contribution in [0.15, 0.2) is 41.3 Å². The van der Waals surface area contributed by atoms with Gasteiger partial charge in [0.15, 0.2) is 0 Å². The van der Waals surface area contributed by atoms with E-state index in [1.807, 2.05) is 12.1 Å². The van der Waals surface area contributed by atoms with Crippen LogP contribution in [0.4, 0.5) is 9.18 Å². The summed E-state index contributed by atoms with van der Waals surface area (Å²) in [5.41, 5.74) is 4.26. The molecule has 2 rings (SSSR count). The summed E-state index contributed by atoms with van der Waals surface area (Å²) in [6.45, 7) is 9.47. The Kier molecular flexibility index (Phi) is 9.25. The number of rotatable bonds is 5. The predicted molar refractivity (Wildman–Crippen MR) is 112 cm³/mol. The molecule has 0 heterocycles. The first-order valence-electron chi connectivity index (χ1n) is 9.11. The van der Waals surface area contributed by atoms with Gasteiger partial charge in [-0.2, -0.15) is 0 Å². The number of ether oxygens (including phenoxy) is 1. The average molecular weight is 409 g/mol. The molecule has 0 aliphatic heterocycles. The van der Waals surface area contributed by atoms with Crippen LogP contribution < -0.4 is 10.5 Å². The van der Waals surface area contributed by atoms with E-state index in [0.29, 0.717) is 17.7 Å². The van der Waals surface area contributed by atoms with Crippen LogP contribution in [-0.2, 0) is 9.53 Å². The molecule has 5 nitrogen and oxygen atoms in total. The van der Waals surface area contributed by atoms with E-state index in [1.54, 1.807) is 39.0 Å². The van der Waals surface area contributed by atoms with Crippen molar-refractivity contribution in [3.8, 4) is 0 Å². The van der Waals surface area contributed by atoms with Crippen LogP contribution in [0.1, 0.15) is 47.5 Å². The molecule has 0 aromatic heterocycles. The fourth-order valence-corrected chi connectivity index (χ4v) is 2.96. The van der Waals surface area contributed by atoms with Crippen LogP contribution >= 0.6 is 11.9 Å². The summed E-state index contributed by atoms with van der Waals surface area (Å²) in [7, 11) is 0. The smallest absolute Gasteiger partial charge is 0.405 e. The van der Waals surface area contributed by atoms with Crippen molar-refractivity contribution < 1.29 is 18.7 Å². The minimum atomic E-state index is -0.725. The number of hydrogen-bond donors (Lipinski definition) is 2. The van der Waals surface area contributed by atoms with Crippen LogP contribution in [0.2, 0.25) is 0 Å². The van der Waals surface area contributed by atoms with Gasteiger partial charge in [-0.25, -0.2) is 9.18 Å². The zero-order valence-corrected chi connectivity index (χ0v) is 17.9. The topological polar surface area (TPSA) is 81.4 Å². The SMILES string of the molecule is CC(C)(C)OC(N)=O.CC(C)CCC(=O)NSc1ccc(F)c2ccccc12. The third-order valence-electron chi connectivity index (χ3n) is 3.46. The van der Waals surface area contributed by atoms with Crippen molar-refractivity contribution >= 4 is 34.7 Å². The van der Waals surface area contributed by atoms with E-state index in [4.69, 9.17) is 5.73 Å². The Hall–Kier alpha value is -2.28. The number of nitrogens with two attached hydrogens (primary N) is 1. The highest BCUT2D eigenvalue weighted by molar-refractivity contribution is 7.98. The van der Waals surface area contributed by atoms with Gasteiger partial charge in [0, 0.05) is 16.7 Å². The van der Waals surface area contributed by atoms with Crippen molar-refractivity contribution in [2.75, 3.05) is 0 Å². The molecule has 0 bridgehead atoms. The maximum atomic E-state index is 13.7. The van der Waals surface area contributed by atoms with Gasteiger partial charge in [0.2, 0.25) is 5.91 Å². The standard InChI is InChI=1S/C16H18FNOS.C5H11NO2/c1-11(2)7-10-16(19)18-20-15-9-8-14(17)12-5-3-4-6-13(12)15;1-5(2,3)8-4(6)7/h3-6,8-9,11H,7,10H2,1-2H3,(H,18,19);1-3H3,(H2,6,7). The largest absolute Gasteiger partial charge is 0.444 e. The van der Waals surface area contributed by atoms with Gasteiger partial charge in [-0.1, -0.05) is 38.1 Å². The van der Waals surface area contributed by atoms with Gasteiger partial charge in [0.05, 0.1) is 0 Å². The second-order valence-electron chi connectivity index (χ2n) is 7.68. The normalized spacial score (nSPS) is 11.0. The van der Waals surface area contributed by atoms with Crippen LogP contribution in [0.3, 0.4) is 0 Å². The summed E-state index contributed by atoms with van der Waals surface area (Å²) in [6.07, 6.45) is 0.665. The Morgan fingerprint density at radius 3 is 2.25 bits per heavy atom. The van der Waals surface area contributed by atoms with Crippen LogP contribution in [0.25, 0.3) is 10.8 Å². The maximum absolute atomic E-state index is 13.7. The summed E-state index contributed by atoms with van der Waals surface area (Å²) >= 11 is 1.25. The number of fused-ring (bicyclic) bond motifs is 1. The Morgan fingerprint density at radius 1 is 1.14 bits per heavy atom. The van der Waals surface area contributed by atoms with Crippen LogP contribution in [0.5, 0.6) is 0 Å². The molecular formula is C21H29FN2O3S. The molecule has 2 aromatic rings. The molecule has 0 fully saturated rings. The van der Waals surface area contributed by atoms with Gasteiger partial charge in [-0.3, -0.25) is 9.52 Å². The fourth-order valence-electron chi connectivity index (χ4n) is 2.21. The van der Waals surface area contributed by atoms with Crippen molar-refractivity contribution in [2.24, 2.45) is 11.7 Å². The third kappa shape index (κ3) is 9.08. The lowest BCUT2D eigenvalue weighted by Gasteiger charge is -2.16. The molecule has 2 amide bonds. The first-order chi connectivity index (χ1) is 13.0. The number of halogens is 1. The summed E-state index contributed by atoms with van der Waals surface area (Å²) in [4.78, 5) is 22.6. The predicted octanol–water partition coefficient (Wildman–Crippen LogP) is 5.42. The molecule has 0 saturated carbocycles. The van der Waals surface area contributed by atoms with E-state index in [9.17, 15) is 14.0 Å². The van der Waals surface area contributed by atoms with Crippen molar-refractivity contribution in [3.05, 3.63) is 42.2 Å².